The van der Waals surface area contributed by atoms with Crippen molar-refractivity contribution in [3.8, 4) is 0 Å². The van der Waals surface area contributed by atoms with Crippen LogP contribution in [-0.2, 0) is 24.2 Å². The van der Waals surface area contributed by atoms with Crippen LogP contribution in [0.2, 0.25) is 0 Å². The maximum atomic E-state index is 11.5. The average molecular weight is 337 g/mol. The fraction of sp³-hybridized carbons (Fsp3) is 0.333. The minimum atomic E-state index is -0.444. The van der Waals surface area contributed by atoms with Crippen LogP contribution in [0.15, 0.2) is 24.3 Å². The normalized spacial score (nSPS) is 9.69. The number of halogens is 1. The van der Waals surface area contributed by atoms with E-state index in [-0.39, 0.29) is 42.4 Å². The Balaban J connectivity index is 0. The Morgan fingerprint density at radius 2 is 1.62 bits per heavy atom. The van der Waals surface area contributed by atoms with Crippen molar-refractivity contribution in [1.29, 1.82) is 0 Å². The van der Waals surface area contributed by atoms with Crippen LogP contribution < -0.4 is 17.0 Å². The fourth-order valence-corrected chi connectivity index (χ4v) is 0.978. The monoisotopic (exact) mass is 334 g/mol. The Kier molecular flexibility index (Phi) is 7.98. The molecule has 0 aromatic heterocycles. The summed E-state index contributed by atoms with van der Waals surface area (Å²) in [6.07, 6.45) is 0. The SMILES string of the molecule is [Br-].[CH2-]c1ccc(C(=O)OC(C)(C)C)cc1.[Zn+2]. The molecule has 0 N–H and O–H groups in total. The number of ether oxygens (including phenoxy) is 1. The second-order valence-corrected chi connectivity index (χ2v) is 4.20. The summed E-state index contributed by atoms with van der Waals surface area (Å²) in [5.74, 6) is -0.294. The van der Waals surface area contributed by atoms with Gasteiger partial charge in [0.15, 0.2) is 0 Å². The van der Waals surface area contributed by atoms with Gasteiger partial charge >= 0.3 is 25.4 Å². The summed E-state index contributed by atoms with van der Waals surface area (Å²) < 4.78 is 5.20. The minimum absolute atomic E-state index is 0. The summed E-state index contributed by atoms with van der Waals surface area (Å²) >= 11 is 0. The first-order chi connectivity index (χ1) is 6.38. The molecule has 84 valence electrons. The minimum Gasteiger partial charge on any atom is -1.00 e. The van der Waals surface area contributed by atoms with Gasteiger partial charge in [-0.3, -0.25) is 0 Å². The zero-order valence-electron chi connectivity index (χ0n) is 9.92. The molecule has 4 heteroatoms. The number of esters is 1. The van der Waals surface area contributed by atoms with Crippen molar-refractivity contribution in [2.75, 3.05) is 0 Å². The molecule has 0 atom stereocenters. The van der Waals surface area contributed by atoms with Crippen LogP contribution in [0.25, 0.3) is 0 Å². The van der Waals surface area contributed by atoms with E-state index in [1.165, 1.54) is 0 Å². The van der Waals surface area contributed by atoms with Gasteiger partial charge in [-0.05, 0) is 20.8 Å². The largest absolute Gasteiger partial charge is 2.00 e. The Hall–Kier alpha value is -0.337. The molecule has 0 aliphatic carbocycles. The molecule has 0 aliphatic rings. The Morgan fingerprint density at radius 3 is 2.00 bits per heavy atom. The van der Waals surface area contributed by atoms with Crippen molar-refractivity contribution in [3.05, 3.63) is 42.3 Å². The van der Waals surface area contributed by atoms with Gasteiger partial charge < -0.3 is 21.7 Å². The standard InChI is InChI=1S/C12H15O2.BrH.Zn/c1-9-5-7-10(8-6-9)11(13)14-12(2,3)4;;/h5-8H,1H2,2-4H3;1H;/q-1;;+2/p-1. The Labute approximate surface area is 120 Å². The van der Waals surface area contributed by atoms with Crippen molar-refractivity contribution in [2.24, 2.45) is 0 Å². The van der Waals surface area contributed by atoms with Crippen LogP contribution in [0.3, 0.4) is 0 Å². The smallest absolute Gasteiger partial charge is 1.00 e. The van der Waals surface area contributed by atoms with Crippen molar-refractivity contribution in [3.63, 3.8) is 0 Å². The molecule has 0 bridgehead atoms. The molecule has 0 saturated heterocycles. The van der Waals surface area contributed by atoms with E-state index in [4.69, 9.17) is 4.74 Å². The zero-order chi connectivity index (χ0) is 10.8. The van der Waals surface area contributed by atoms with Gasteiger partial charge in [-0.15, -0.1) is 12.1 Å². The first kappa shape index (κ1) is 18.0. The molecule has 0 saturated carbocycles. The molecule has 16 heavy (non-hydrogen) atoms. The van der Waals surface area contributed by atoms with Gasteiger partial charge in [0, 0.05) is 5.56 Å². The van der Waals surface area contributed by atoms with Crippen LogP contribution in [0.4, 0.5) is 0 Å². The summed E-state index contributed by atoms with van der Waals surface area (Å²) in [5, 5.41) is 0. The Bertz CT molecular complexity index is 328. The van der Waals surface area contributed by atoms with E-state index in [2.05, 4.69) is 6.92 Å². The second-order valence-electron chi connectivity index (χ2n) is 4.20. The van der Waals surface area contributed by atoms with Crippen molar-refractivity contribution in [2.45, 2.75) is 26.4 Å². The molecule has 0 aliphatic heterocycles. The predicted molar refractivity (Wildman–Crippen MR) is 56.1 cm³/mol. The van der Waals surface area contributed by atoms with Crippen molar-refractivity contribution < 1.29 is 46.0 Å². The van der Waals surface area contributed by atoms with E-state index in [1.54, 1.807) is 24.3 Å². The van der Waals surface area contributed by atoms with E-state index in [0.717, 1.165) is 5.56 Å². The van der Waals surface area contributed by atoms with E-state index < -0.39 is 5.60 Å². The Morgan fingerprint density at radius 1 is 1.19 bits per heavy atom. The van der Waals surface area contributed by atoms with Gasteiger partial charge in [0.25, 0.3) is 0 Å². The average Bonchev–Trinajstić information content (AvgIpc) is 2.02. The first-order valence-electron chi connectivity index (χ1n) is 4.54. The van der Waals surface area contributed by atoms with Gasteiger partial charge in [0.2, 0.25) is 0 Å². The number of carbonyl (C=O) groups excluding carboxylic acids is 1. The van der Waals surface area contributed by atoms with Crippen LogP contribution in [0.5, 0.6) is 0 Å². The van der Waals surface area contributed by atoms with Gasteiger partial charge in [0.05, 0.1) is 0 Å². The van der Waals surface area contributed by atoms with E-state index in [9.17, 15) is 4.79 Å². The topological polar surface area (TPSA) is 26.3 Å². The molecule has 0 radical (unpaired) electrons. The third-order valence-corrected chi connectivity index (χ3v) is 1.59. The number of rotatable bonds is 1. The molecule has 1 aromatic rings. The number of hydrogen-bond donors (Lipinski definition) is 0. The van der Waals surface area contributed by atoms with Crippen LogP contribution in [-0.4, -0.2) is 11.6 Å². The van der Waals surface area contributed by atoms with Crippen LogP contribution in [0.1, 0.15) is 36.7 Å². The van der Waals surface area contributed by atoms with E-state index >= 15 is 0 Å². The number of hydrogen-bond acceptors (Lipinski definition) is 2. The molecule has 2 nitrogen and oxygen atoms in total. The molecule has 0 fully saturated rings. The number of carbonyl (C=O) groups is 1. The number of benzene rings is 1. The van der Waals surface area contributed by atoms with E-state index in [0.29, 0.717) is 5.56 Å². The third-order valence-electron chi connectivity index (χ3n) is 1.59. The summed E-state index contributed by atoms with van der Waals surface area (Å²) in [4.78, 5) is 11.5. The second kappa shape index (κ2) is 7.08. The molecule has 1 aromatic carbocycles. The van der Waals surface area contributed by atoms with Gasteiger partial charge in [0.1, 0.15) is 5.60 Å². The summed E-state index contributed by atoms with van der Waals surface area (Å²) in [6, 6.07) is 7.02. The van der Waals surface area contributed by atoms with E-state index in [1.807, 2.05) is 20.8 Å². The summed E-state index contributed by atoms with van der Waals surface area (Å²) in [5.41, 5.74) is 1.00. The van der Waals surface area contributed by atoms with Gasteiger partial charge in [-0.2, -0.15) is 24.6 Å². The molecular formula is C12H15BrO2Zn. The van der Waals surface area contributed by atoms with Crippen molar-refractivity contribution in [1.82, 2.24) is 0 Å². The maximum Gasteiger partial charge on any atom is 2.00 e. The third kappa shape index (κ3) is 6.29. The quantitative estimate of drug-likeness (QED) is 0.404. The molecule has 0 spiro atoms. The zero-order valence-corrected chi connectivity index (χ0v) is 14.5. The summed E-state index contributed by atoms with van der Waals surface area (Å²) in [7, 11) is 0. The van der Waals surface area contributed by atoms with Crippen LogP contribution in [0, 0.1) is 6.92 Å². The maximum absolute atomic E-state index is 11.5. The summed E-state index contributed by atoms with van der Waals surface area (Å²) in [6.45, 7) is 9.29. The first-order valence-corrected chi connectivity index (χ1v) is 4.54. The molecule has 0 heterocycles. The van der Waals surface area contributed by atoms with Gasteiger partial charge in [-0.1, -0.05) is 0 Å². The molecule has 1 rings (SSSR count). The van der Waals surface area contributed by atoms with Gasteiger partial charge in [-0.25, -0.2) is 4.79 Å². The molecular weight excluding hydrogens is 321 g/mol. The fourth-order valence-electron chi connectivity index (χ4n) is 0.978. The van der Waals surface area contributed by atoms with Crippen LogP contribution >= 0.6 is 0 Å². The molecule has 0 unspecified atom stereocenters. The van der Waals surface area contributed by atoms with Crippen molar-refractivity contribution >= 4 is 5.97 Å². The molecule has 0 amide bonds. The predicted octanol–water partition coefficient (Wildman–Crippen LogP) is -0.174.